The lowest BCUT2D eigenvalue weighted by Crippen LogP contribution is -2.51. The molecule has 2 aliphatic heterocycles. The number of nitrogens with zero attached hydrogens (tertiary/aromatic N) is 3. The van der Waals surface area contributed by atoms with Gasteiger partial charge in [-0.05, 0) is 45.6 Å². The Balaban J connectivity index is 1.77. The second-order valence-electron chi connectivity index (χ2n) is 6.90. The first-order chi connectivity index (χ1) is 11.0. The average Bonchev–Trinajstić information content (AvgIpc) is 2.53. The smallest absolute Gasteiger partial charge is 0.317 e. The fourth-order valence-corrected chi connectivity index (χ4v) is 3.87. The highest BCUT2D eigenvalue weighted by molar-refractivity contribution is 5.78. The Kier molecular flexibility index (Phi) is 6.84. The number of hydrogen-bond acceptors (Lipinski definition) is 4. The number of likely N-dealkylation sites (N-methyl/N-ethyl adjacent to an activating group) is 1. The van der Waals surface area contributed by atoms with Crippen LogP contribution in [-0.2, 0) is 9.59 Å². The van der Waals surface area contributed by atoms with Crippen molar-refractivity contribution in [1.29, 1.82) is 0 Å². The summed E-state index contributed by atoms with van der Waals surface area (Å²) in [6.07, 6.45) is 5.37. The molecule has 0 aromatic rings. The fraction of sp³-hybridized carbons (Fsp3) is 0.882. The lowest BCUT2D eigenvalue weighted by Gasteiger charge is -2.39. The quantitative estimate of drug-likeness (QED) is 0.796. The second-order valence-corrected chi connectivity index (χ2v) is 6.90. The summed E-state index contributed by atoms with van der Waals surface area (Å²) >= 11 is 0. The lowest BCUT2D eigenvalue weighted by molar-refractivity contribution is -0.139. The molecule has 1 amide bonds. The van der Waals surface area contributed by atoms with E-state index >= 15 is 0 Å². The molecule has 0 bridgehead atoms. The molecular formula is C17H31N3O3. The van der Waals surface area contributed by atoms with Crippen LogP contribution in [0.1, 0.15) is 46.0 Å². The van der Waals surface area contributed by atoms with Crippen molar-refractivity contribution >= 4 is 11.9 Å². The van der Waals surface area contributed by atoms with E-state index in [0.717, 1.165) is 51.9 Å². The van der Waals surface area contributed by atoms with E-state index in [1.807, 2.05) is 16.7 Å². The van der Waals surface area contributed by atoms with Crippen LogP contribution in [0.25, 0.3) is 0 Å². The summed E-state index contributed by atoms with van der Waals surface area (Å²) in [7, 11) is 0. The van der Waals surface area contributed by atoms with Gasteiger partial charge in [0.2, 0.25) is 5.91 Å². The molecule has 0 spiro atoms. The number of piperidine rings is 2. The van der Waals surface area contributed by atoms with Crippen LogP contribution in [0.4, 0.5) is 0 Å². The van der Waals surface area contributed by atoms with Gasteiger partial charge >= 0.3 is 5.97 Å². The maximum absolute atomic E-state index is 12.5. The fourth-order valence-electron chi connectivity index (χ4n) is 3.87. The number of carboxylic acids is 1. The van der Waals surface area contributed by atoms with E-state index in [1.165, 1.54) is 6.42 Å². The number of aliphatic carboxylic acids is 1. The van der Waals surface area contributed by atoms with Gasteiger partial charge in [-0.15, -0.1) is 0 Å². The van der Waals surface area contributed by atoms with Crippen LogP contribution in [-0.4, -0.2) is 83.0 Å². The predicted octanol–water partition coefficient (Wildman–Crippen LogP) is 1.26. The molecule has 0 saturated carbocycles. The van der Waals surface area contributed by atoms with E-state index < -0.39 is 5.97 Å². The molecule has 2 saturated heterocycles. The molecule has 23 heavy (non-hydrogen) atoms. The zero-order chi connectivity index (χ0) is 16.8. The summed E-state index contributed by atoms with van der Waals surface area (Å²) in [4.78, 5) is 29.7. The third-order valence-electron chi connectivity index (χ3n) is 5.30. The van der Waals surface area contributed by atoms with Crippen molar-refractivity contribution in [2.75, 3.05) is 39.3 Å². The number of amides is 1. The van der Waals surface area contributed by atoms with Gasteiger partial charge in [0, 0.05) is 31.7 Å². The number of carbonyl (C=O) groups is 2. The van der Waals surface area contributed by atoms with Gasteiger partial charge in [0.15, 0.2) is 0 Å². The maximum Gasteiger partial charge on any atom is 0.317 e. The van der Waals surface area contributed by atoms with E-state index in [2.05, 4.69) is 11.8 Å². The van der Waals surface area contributed by atoms with E-state index in [4.69, 9.17) is 5.11 Å². The van der Waals surface area contributed by atoms with Crippen molar-refractivity contribution in [3.8, 4) is 0 Å². The molecule has 2 fully saturated rings. The van der Waals surface area contributed by atoms with E-state index in [-0.39, 0.29) is 12.5 Å². The van der Waals surface area contributed by atoms with Gasteiger partial charge < -0.3 is 10.0 Å². The van der Waals surface area contributed by atoms with Gasteiger partial charge in [-0.2, -0.15) is 0 Å². The minimum Gasteiger partial charge on any atom is -0.480 e. The Morgan fingerprint density at radius 1 is 1.13 bits per heavy atom. The summed E-state index contributed by atoms with van der Waals surface area (Å²) in [5, 5.41) is 8.98. The molecule has 132 valence electrons. The van der Waals surface area contributed by atoms with Crippen molar-refractivity contribution in [2.45, 2.75) is 58.0 Å². The Hall–Kier alpha value is -1.14. The Morgan fingerprint density at radius 3 is 2.39 bits per heavy atom. The summed E-state index contributed by atoms with van der Waals surface area (Å²) in [5.41, 5.74) is 0. The third-order valence-corrected chi connectivity index (χ3v) is 5.30. The highest BCUT2D eigenvalue weighted by Crippen LogP contribution is 2.19. The summed E-state index contributed by atoms with van der Waals surface area (Å²) in [6, 6.07) is 0.705. The van der Waals surface area contributed by atoms with E-state index in [1.54, 1.807) is 0 Å². The lowest BCUT2D eigenvalue weighted by atomic mass is 10.0. The van der Waals surface area contributed by atoms with Crippen LogP contribution in [0.3, 0.4) is 0 Å². The molecule has 6 heteroatoms. The maximum atomic E-state index is 12.5. The molecule has 2 heterocycles. The van der Waals surface area contributed by atoms with Crippen LogP contribution < -0.4 is 0 Å². The first-order valence-corrected chi connectivity index (χ1v) is 8.99. The molecule has 1 unspecified atom stereocenters. The molecular weight excluding hydrogens is 294 g/mol. The molecule has 0 aromatic heterocycles. The number of carboxylic acid groups (broad SMARTS) is 1. The normalized spacial score (nSPS) is 24.1. The minimum absolute atomic E-state index is 0.116. The predicted molar refractivity (Wildman–Crippen MR) is 89.4 cm³/mol. The second kappa shape index (κ2) is 8.64. The Morgan fingerprint density at radius 2 is 1.83 bits per heavy atom. The highest BCUT2D eigenvalue weighted by Gasteiger charge is 2.28. The summed E-state index contributed by atoms with van der Waals surface area (Å²) < 4.78 is 0. The Bertz CT molecular complexity index is 408. The highest BCUT2D eigenvalue weighted by atomic mass is 16.4. The molecule has 0 aromatic carbocycles. The zero-order valence-corrected chi connectivity index (χ0v) is 14.5. The minimum atomic E-state index is -0.761. The van der Waals surface area contributed by atoms with Crippen molar-refractivity contribution in [1.82, 2.24) is 14.7 Å². The van der Waals surface area contributed by atoms with Gasteiger partial charge in [-0.25, -0.2) is 0 Å². The molecule has 6 nitrogen and oxygen atoms in total. The van der Waals surface area contributed by atoms with E-state index in [0.29, 0.717) is 18.6 Å². The van der Waals surface area contributed by atoms with Crippen LogP contribution >= 0.6 is 0 Å². The van der Waals surface area contributed by atoms with Crippen LogP contribution in [0.5, 0.6) is 0 Å². The molecule has 1 atom stereocenters. The molecule has 0 radical (unpaired) electrons. The molecule has 0 aliphatic carbocycles. The standard InChI is InChI=1S/C17H31N3O3/c1-3-19(13-17(22)23)15-7-10-18(11-8-15)12-16(21)20-9-5-4-6-14(20)2/h14-15H,3-13H2,1-2H3,(H,22,23). The largest absolute Gasteiger partial charge is 0.480 e. The third kappa shape index (κ3) is 5.18. The first-order valence-electron chi connectivity index (χ1n) is 8.99. The van der Waals surface area contributed by atoms with Crippen LogP contribution in [0, 0.1) is 0 Å². The SMILES string of the molecule is CCN(CC(=O)O)C1CCN(CC(=O)N2CCCCC2C)CC1. The number of likely N-dealkylation sites (tertiary alicyclic amines) is 2. The van der Waals surface area contributed by atoms with Crippen molar-refractivity contribution in [2.24, 2.45) is 0 Å². The molecule has 2 aliphatic rings. The summed E-state index contributed by atoms with van der Waals surface area (Å²) in [5.74, 6) is -0.503. The van der Waals surface area contributed by atoms with E-state index in [9.17, 15) is 9.59 Å². The Labute approximate surface area is 139 Å². The topological polar surface area (TPSA) is 64.1 Å². The van der Waals surface area contributed by atoms with Gasteiger partial charge in [0.1, 0.15) is 0 Å². The number of carbonyl (C=O) groups excluding carboxylic acids is 1. The zero-order valence-electron chi connectivity index (χ0n) is 14.5. The monoisotopic (exact) mass is 325 g/mol. The van der Waals surface area contributed by atoms with Gasteiger partial charge in [0.05, 0.1) is 13.1 Å². The average molecular weight is 325 g/mol. The molecule has 1 N–H and O–H groups in total. The first kappa shape index (κ1) is 18.2. The van der Waals surface area contributed by atoms with Crippen LogP contribution in [0.15, 0.2) is 0 Å². The van der Waals surface area contributed by atoms with Crippen molar-refractivity contribution in [3.63, 3.8) is 0 Å². The van der Waals surface area contributed by atoms with Gasteiger partial charge in [-0.1, -0.05) is 6.92 Å². The molecule has 2 rings (SSSR count). The number of hydrogen-bond donors (Lipinski definition) is 1. The number of rotatable bonds is 6. The van der Waals surface area contributed by atoms with Gasteiger partial charge in [-0.3, -0.25) is 19.4 Å². The van der Waals surface area contributed by atoms with Gasteiger partial charge in [0.25, 0.3) is 0 Å². The summed E-state index contributed by atoms with van der Waals surface area (Å²) in [6.45, 7) is 8.22. The van der Waals surface area contributed by atoms with Crippen LogP contribution in [0.2, 0.25) is 0 Å². The van der Waals surface area contributed by atoms with Crippen molar-refractivity contribution in [3.05, 3.63) is 0 Å². The van der Waals surface area contributed by atoms with Crippen molar-refractivity contribution < 1.29 is 14.7 Å².